The van der Waals surface area contributed by atoms with Gasteiger partial charge in [-0.25, -0.2) is 4.79 Å². The van der Waals surface area contributed by atoms with Crippen LogP contribution < -0.4 is 10.1 Å². The fourth-order valence-electron chi connectivity index (χ4n) is 11.5. The van der Waals surface area contributed by atoms with Crippen molar-refractivity contribution < 1.29 is 38.1 Å². The third-order valence-corrected chi connectivity index (χ3v) is 15.0. The number of carbonyl (C=O) groups is 4. The maximum atomic E-state index is 14.8. The lowest BCUT2D eigenvalue weighted by molar-refractivity contribution is -0.150. The highest BCUT2D eigenvalue weighted by molar-refractivity contribution is 6.07. The number of rotatable bonds is 11. The highest BCUT2D eigenvalue weighted by atomic mass is 16.5. The highest BCUT2D eigenvalue weighted by Crippen LogP contribution is 2.46. The molecule has 65 heavy (non-hydrogen) atoms. The van der Waals surface area contributed by atoms with Gasteiger partial charge in [0.2, 0.25) is 11.8 Å². The van der Waals surface area contributed by atoms with Gasteiger partial charge in [-0.2, -0.15) is 0 Å². The third kappa shape index (κ3) is 8.45. The molecule has 0 unspecified atom stereocenters. The first kappa shape index (κ1) is 44.6. The average Bonchev–Trinajstić information content (AvgIpc) is 4.14. The molecule has 6 atom stereocenters. The van der Waals surface area contributed by atoms with Crippen LogP contribution in [0.3, 0.4) is 0 Å². The molecular formula is C52H63N5O8. The number of nitrogens with zero attached hydrogens (tertiary/aromatic N) is 4. The summed E-state index contributed by atoms with van der Waals surface area (Å²) in [6.07, 6.45) is 7.63. The number of aliphatic imine (C=N–C) groups is 2. The minimum Gasteiger partial charge on any atom is -0.488 e. The van der Waals surface area contributed by atoms with Crippen LogP contribution in [-0.2, 0) is 41.6 Å². The first-order valence-electron chi connectivity index (χ1n) is 23.7. The number of esters is 1. The standard InChI is InChI=1S/C52H63N5O8/c1-28(2)44-14-15-46(57(44)50(59)38(25-48(58)62-6)31-16-18-64-19-17-31)43-23-39-37-24-47-40(21-33(37)10-12-41(39)54-43)36-11-9-32(20-35(36)27-65-47)34-22-42(53-26-34)45-13-8-30(5)56(45)51(60)49(29(3)4)55-52(61)63-7/h9-12,20-21,24,26,28-31,38,44-46,49H,8,13-19,22-23,25,27H2,1-7H3,(H,55,61)/t30-,38-,44+,45-,46-,49-/m0/s1. The van der Waals surface area contributed by atoms with Crippen molar-refractivity contribution in [1.29, 1.82) is 0 Å². The molecule has 0 saturated carbocycles. The topological polar surface area (TPSA) is 148 Å². The molecule has 3 aromatic rings. The molecule has 9 rings (SSSR count). The quantitative estimate of drug-likeness (QED) is 0.188. The number of methoxy groups -OCH3 is 2. The van der Waals surface area contributed by atoms with Gasteiger partial charge in [0, 0.05) is 61.3 Å². The molecule has 3 amide bonds. The zero-order valence-corrected chi connectivity index (χ0v) is 38.9. The van der Waals surface area contributed by atoms with Crippen LogP contribution in [0, 0.1) is 23.7 Å². The number of ether oxygens (including phenoxy) is 4. The zero-order chi connectivity index (χ0) is 45.7. The summed E-state index contributed by atoms with van der Waals surface area (Å²) in [4.78, 5) is 67.7. The lowest BCUT2D eigenvalue weighted by Gasteiger charge is -2.38. The Morgan fingerprint density at radius 1 is 0.831 bits per heavy atom. The van der Waals surface area contributed by atoms with Crippen LogP contribution in [0.4, 0.5) is 10.5 Å². The molecule has 1 N–H and O–H groups in total. The Morgan fingerprint density at radius 2 is 1.60 bits per heavy atom. The highest BCUT2D eigenvalue weighted by Gasteiger charge is 2.46. The Bertz CT molecular complexity index is 2490. The Labute approximate surface area is 382 Å². The summed E-state index contributed by atoms with van der Waals surface area (Å²) >= 11 is 0. The van der Waals surface area contributed by atoms with Gasteiger partial charge in [-0.05, 0) is 126 Å². The number of fused-ring (bicyclic) bond motifs is 6. The van der Waals surface area contributed by atoms with E-state index in [1.165, 1.54) is 14.2 Å². The van der Waals surface area contributed by atoms with Crippen LogP contribution in [0.25, 0.3) is 27.5 Å². The molecule has 3 saturated heterocycles. The molecule has 0 aromatic heterocycles. The number of likely N-dealkylation sites (tertiary alicyclic amines) is 2. The number of hydrogen-bond donors (Lipinski definition) is 1. The van der Waals surface area contributed by atoms with Crippen LogP contribution in [0.2, 0.25) is 0 Å². The van der Waals surface area contributed by atoms with Gasteiger partial charge in [-0.3, -0.25) is 24.4 Å². The smallest absolute Gasteiger partial charge is 0.407 e. The molecule has 13 heteroatoms. The monoisotopic (exact) mass is 885 g/mol. The summed E-state index contributed by atoms with van der Waals surface area (Å²) < 4.78 is 22.1. The van der Waals surface area contributed by atoms with E-state index >= 15 is 0 Å². The number of nitrogens with one attached hydrogen (secondary N) is 1. The third-order valence-electron chi connectivity index (χ3n) is 15.0. The molecule has 3 aromatic carbocycles. The van der Waals surface area contributed by atoms with Crippen molar-refractivity contribution >= 4 is 57.3 Å². The van der Waals surface area contributed by atoms with E-state index in [2.05, 4.69) is 73.5 Å². The molecular weight excluding hydrogens is 823 g/mol. The maximum absolute atomic E-state index is 14.8. The molecule has 3 fully saturated rings. The average molecular weight is 886 g/mol. The second-order valence-electron chi connectivity index (χ2n) is 19.6. The fraction of sp³-hybridized carbons (Fsp3) is 0.538. The SMILES string of the molecule is COC(=O)C[C@H](C(=O)N1[C@@H](C(C)C)CC[C@H]1C1=Nc2ccc3cc4c(cc3c2C1)OCc1cc(C2=CN=C([C@@H]3CC[C@H](C)N3C(=O)[C@@H](NC(=O)OC)C(C)C)C2)ccc1-4)C1CCOCC1. The van der Waals surface area contributed by atoms with E-state index in [1.807, 2.05) is 24.9 Å². The van der Waals surface area contributed by atoms with Crippen LogP contribution in [-0.4, -0.2) is 103 Å². The van der Waals surface area contributed by atoms with Crippen molar-refractivity contribution in [2.45, 2.75) is 129 Å². The number of carbonyl (C=O) groups excluding carboxylic acids is 4. The summed E-state index contributed by atoms with van der Waals surface area (Å²) in [6, 6.07) is 14.3. The Kier molecular flexibility index (Phi) is 12.6. The van der Waals surface area contributed by atoms with Crippen molar-refractivity contribution in [3.8, 4) is 16.9 Å². The minimum absolute atomic E-state index is 0.0270. The van der Waals surface area contributed by atoms with Gasteiger partial charge in [0.15, 0.2) is 0 Å². The van der Waals surface area contributed by atoms with Crippen molar-refractivity contribution in [3.05, 3.63) is 65.4 Å². The molecule has 0 radical (unpaired) electrons. The van der Waals surface area contributed by atoms with Crippen molar-refractivity contribution in [1.82, 2.24) is 15.1 Å². The molecule has 344 valence electrons. The van der Waals surface area contributed by atoms with Gasteiger partial charge in [0.1, 0.15) is 18.4 Å². The van der Waals surface area contributed by atoms with Crippen molar-refractivity contribution in [2.75, 3.05) is 27.4 Å². The summed E-state index contributed by atoms with van der Waals surface area (Å²) in [6.45, 7) is 11.9. The molecule has 13 nitrogen and oxygen atoms in total. The lowest BCUT2D eigenvalue weighted by Crippen LogP contribution is -2.55. The van der Waals surface area contributed by atoms with E-state index < -0.39 is 18.1 Å². The Balaban J connectivity index is 0.920. The molecule has 6 heterocycles. The number of amides is 3. The van der Waals surface area contributed by atoms with Crippen molar-refractivity contribution in [2.24, 2.45) is 33.7 Å². The van der Waals surface area contributed by atoms with Gasteiger partial charge in [0.25, 0.3) is 0 Å². The predicted molar refractivity (Wildman–Crippen MR) is 250 cm³/mol. The number of alkyl carbamates (subject to hydrolysis) is 1. The number of hydrogen-bond acceptors (Lipinski definition) is 10. The van der Waals surface area contributed by atoms with Crippen LogP contribution in [0.1, 0.15) is 103 Å². The molecule has 6 aliphatic rings. The van der Waals surface area contributed by atoms with E-state index in [4.69, 9.17) is 28.9 Å². The van der Waals surface area contributed by atoms with E-state index in [9.17, 15) is 19.2 Å². The van der Waals surface area contributed by atoms with E-state index in [0.29, 0.717) is 32.7 Å². The van der Waals surface area contributed by atoms with Crippen LogP contribution in [0.15, 0.2) is 58.6 Å². The molecule has 0 aliphatic carbocycles. The number of benzene rings is 3. The van der Waals surface area contributed by atoms with Gasteiger partial charge >= 0.3 is 12.1 Å². The van der Waals surface area contributed by atoms with Crippen molar-refractivity contribution in [3.63, 3.8) is 0 Å². The van der Waals surface area contributed by atoms with E-state index in [0.717, 1.165) is 106 Å². The predicted octanol–water partition coefficient (Wildman–Crippen LogP) is 8.60. The van der Waals surface area contributed by atoms with Gasteiger partial charge in [0.05, 0.1) is 44.3 Å². The Hall–Kier alpha value is -5.56. The first-order valence-corrected chi connectivity index (χ1v) is 23.7. The van der Waals surface area contributed by atoms with Gasteiger partial charge in [-0.15, -0.1) is 0 Å². The summed E-state index contributed by atoms with van der Waals surface area (Å²) in [5.74, 6) is 0.200. The Morgan fingerprint density at radius 3 is 2.34 bits per heavy atom. The lowest BCUT2D eigenvalue weighted by atomic mass is 9.82. The van der Waals surface area contributed by atoms with Crippen LogP contribution >= 0.6 is 0 Å². The zero-order valence-electron chi connectivity index (χ0n) is 38.9. The van der Waals surface area contributed by atoms with E-state index in [1.54, 1.807) is 0 Å². The molecule has 0 spiro atoms. The van der Waals surface area contributed by atoms with Gasteiger partial charge < -0.3 is 34.1 Å². The van der Waals surface area contributed by atoms with Crippen LogP contribution in [0.5, 0.6) is 5.75 Å². The largest absolute Gasteiger partial charge is 0.488 e. The van der Waals surface area contributed by atoms with Gasteiger partial charge in [-0.1, -0.05) is 45.9 Å². The second kappa shape index (κ2) is 18.4. The number of allylic oxidation sites excluding steroid dienone is 1. The summed E-state index contributed by atoms with van der Waals surface area (Å²) in [7, 11) is 2.70. The normalized spacial score (nSPS) is 23.6. The minimum atomic E-state index is -0.688. The maximum Gasteiger partial charge on any atom is 0.407 e. The summed E-state index contributed by atoms with van der Waals surface area (Å²) in [5, 5.41) is 4.98. The molecule has 6 aliphatic heterocycles. The fourth-order valence-corrected chi connectivity index (χ4v) is 11.5. The first-order chi connectivity index (χ1) is 31.3. The van der Waals surface area contributed by atoms with E-state index in [-0.39, 0.29) is 66.1 Å². The molecule has 0 bridgehead atoms. The second-order valence-corrected chi connectivity index (χ2v) is 19.6. The summed E-state index contributed by atoms with van der Waals surface area (Å²) in [5.41, 5.74) is 9.54.